The van der Waals surface area contributed by atoms with Crippen molar-refractivity contribution in [2.45, 2.75) is 39.0 Å². The number of benzene rings is 1. The van der Waals surface area contributed by atoms with E-state index in [0.29, 0.717) is 11.7 Å². The average molecular weight is 276 g/mol. The third-order valence-electron chi connectivity index (χ3n) is 4.14. The molecule has 1 atom stereocenters. The number of Topliss-reactive ketones (excluding diaryl/α,β-unsaturated/α-hetero) is 1. The van der Waals surface area contributed by atoms with Gasteiger partial charge in [-0.1, -0.05) is 50.1 Å². The van der Waals surface area contributed by atoms with Gasteiger partial charge >= 0.3 is 0 Å². The normalized spacial score (nSPS) is 18.2. The smallest absolute Gasteiger partial charge is 0.163 e. The molecule has 1 fully saturated rings. The molecule has 1 saturated heterocycles. The van der Waals surface area contributed by atoms with Crippen molar-refractivity contribution in [3.8, 4) is 0 Å². The maximum absolute atomic E-state index is 12.4. The minimum Gasteiger partial charge on any atom is -0.294 e. The molecule has 1 unspecified atom stereocenters. The summed E-state index contributed by atoms with van der Waals surface area (Å²) in [5, 5.41) is 0. The molecular weight excluding hydrogens is 252 g/mol. The standard InChI is InChI=1S/C17H24OS/c1-2-6-16(14-9-11-19-12-10-14)13-17(18)15-7-4-3-5-8-15/h3-5,7-8,14,16H,2,6,9-13H2,1H3. The minimum absolute atomic E-state index is 0.331. The molecule has 19 heavy (non-hydrogen) atoms. The van der Waals surface area contributed by atoms with Gasteiger partial charge in [0.2, 0.25) is 0 Å². The zero-order valence-corrected chi connectivity index (χ0v) is 12.6. The highest BCUT2D eigenvalue weighted by Gasteiger charge is 2.25. The van der Waals surface area contributed by atoms with Crippen molar-refractivity contribution in [1.29, 1.82) is 0 Å². The van der Waals surface area contributed by atoms with Gasteiger partial charge in [0.05, 0.1) is 0 Å². The molecule has 0 aromatic heterocycles. The van der Waals surface area contributed by atoms with Crippen LogP contribution >= 0.6 is 11.8 Å². The summed E-state index contributed by atoms with van der Waals surface area (Å²) in [4.78, 5) is 12.4. The van der Waals surface area contributed by atoms with E-state index in [1.165, 1.54) is 37.2 Å². The topological polar surface area (TPSA) is 17.1 Å². The molecule has 0 bridgehead atoms. The molecule has 1 aliphatic rings. The first kappa shape index (κ1) is 14.6. The Kier molecular flexibility index (Phi) is 5.96. The number of carbonyl (C=O) groups is 1. The predicted octanol–water partition coefficient (Wildman–Crippen LogP) is 4.82. The molecule has 0 saturated carbocycles. The van der Waals surface area contributed by atoms with Crippen LogP contribution in [-0.2, 0) is 0 Å². The van der Waals surface area contributed by atoms with Gasteiger partial charge in [0.1, 0.15) is 0 Å². The van der Waals surface area contributed by atoms with E-state index in [1.54, 1.807) is 0 Å². The Labute approximate surface area is 121 Å². The number of hydrogen-bond acceptors (Lipinski definition) is 2. The summed E-state index contributed by atoms with van der Waals surface area (Å²) in [7, 11) is 0. The van der Waals surface area contributed by atoms with Crippen LogP contribution in [0.4, 0.5) is 0 Å². The molecule has 0 aliphatic carbocycles. The number of ketones is 1. The van der Waals surface area contributed by atoms with E-state index >= 15 is 0 Å². The number of thioether (sulfide) groups is 1. The van der Waals surface area contributed by atoms with Crippen molar-refractivity contribution in [3.63, 3.8) is 0 Å². The molecule has 1 aromatic carbocycles. The first-order chi connectivity index (χ1) is 9.31. The molecule has 1 nitrogen and oxygen atoms in total. The zero-order chi connectivity index (χ0) is 13.5. The molecule has 0 amide bonds. The van der Waals surface area contributed by atoms with Crippen LogP contribution in [0.2, 0.25) is 0 Å². The first-order valence-electron chi connectivity index (χ1n) is 7.47. The molecule has 2 heteroatoms. The Morgan fingerprint density at radius 3 is 2.58 bits per heavy atom. The highest BCUT2D eigenvalue weighted by Crippen LogP contribution is 2.34. The van der Waals surface area contributed by atoms with Crippen LogP contribution in [0.15, 0.2) is 30.3 Å². The van der Waals surface area contributed by atoms with Gasteiger partial charge in [-0.05, 0) is 36.2 Å². The predicted molar refractivity (Wildman–Crippen MR) is 83.8 cm³/mol. The summed E-state index contributed by atoms with van der Waals surface area (Å²) < 4.78 is 0. The number of rotatable bonds is 6. The van der Waals surface area contributed by atoms with Crippen LogP contribution < -0.4 is 0 Å². The molecular formula is C17H24OS. The monoisotopic (exact) mass is 276 g/mol. The largest absolute Gasteiger partial charge is 0.294 e. The van der Waals surface area contributed by atoms with Gasteiger partial charge in [-0.25, -0.2) is 0 Å². The van der Waals surface area contributed by atoms with Crippen LogP contribution in [0.1, 0.15) is 49.4 Å². The number of carbonyl (C=O) groups excluding carboxylic acids is 1. The SMILES string of the molecule is CCCC(CC(=O)c1ccccc1)C1CCSCC1. The minimum atomic E-state index is 0.331. The Morgan fingerprint density at radius 1 is 1.26 bits per heavy atom. The zero-order valence-electron chi connectivity index (χ0n) is 11.8. The van der Waals surface area contributed by atoms with Gasteiger partial charge in [0.25, 0.3) is 0 Å². The van der Waals surface area contributed by atoms with E-state index in [-0.39, 0.29) is 0 Å². The van der Waals surface area contributed by atoms with Gasteiger partial charge < -0.3 is 0 Å². The van der Waals surface area contributed by atoms with Crippen molar-refractivity contribution in [2.24, 2.45) is 11.8 Å². The molecule has 1 aliphatic heterocycles. The van der Waals surface area contributed by atoms with Crippen molar-refractivity contribution in [1.82, 2.24) is 0 Å². The van der Waals surface area contributed by atoms with Crippen LogP contribution in [-0.4, -0.2) is 17.3 Å². The fraction of sp³-hybridized carbons (Fsp3) is 0.588. The Balaban J connectivity index is 1.97. The van der Waals surface area contributed by atoms with Gasteiger partial charge in [-0.15, -0.1) is 0 Å². The van der Waals surface area contributed by atoms with Crippen molar-refractivity contribution in [2.75, 3.05) is 11.5 Å². The number of hydrogen-bond donors (Lipinski definition) is 0. The summed E-state index contributed by atoms with van der Waals surface area (Å²) in [6, 6.07) is 9.78. The lowest BCUT2D eigenvalue weighted by atomic mass is 9.80. The lowest BCUT2D eigenvalue weighted by Gasteiger charge is -2.29. The van der Waals surface area contributed by atoms with Gasteiger partial charge in [0.15, 0.2) is 5.78 Å². The van der Waals surface area contributed by atoms with E-state index in [1.807, 2.05) is 30.3 Å². The summed E-state index contributed by atoms with van der Waals surface area (Å²) in [6.45, 7) is 2.23. The first-order valence-corrected chi connectivity index (χ1v) is 8.62. The summed E-state index contributed by atoms with van der Waals surface area (Å²) >= 11 is 2.06. The van der Waals surface area contributed by atoms with Crippen molar-refractivity contribution >= 4 is 17.5 Å². The van der Waals surface area contributed by atoms with E-state index in [0.717, 1.165) is 17.9 Å². The third-order valence-corrected chi connectivity index (χ3v) is 5.18. The molecule has 0 radical (unpaired) electrons. The highest BCUT2D eigenvalue weighted by atomic mass is 32.2. The summed E-state index contributed by atoms with van der Waals surface area (Å²) in [6.07, 6.45) is 5.74. The second kappa shape index (κ2) is 7.74. The lowest BCUT2D eigenvalue weighted by Crippen LogP contribution is -2.22. The Bertz CT molecular complexity index is 382. The second-order valence-electron chi connectivity index (χ2n) is 5.49. The van der Waals surface area contributed by atoms with Gasteiger partial charge in [0, 0.05) is 12.0 Å². The Hall–Kier alpha value is -0.760. The van der Waals surface area contributed by atoms with Crippen LogP contribution in [0.3, 0.4) is 0 Å². The maximum Gasteiger partial charge on any atom is 0.163 e. The van der Waals surface area contributed by atoms with E-state index in [2.05, 4.69) is 18.7 Å². The maximum atomic E-state index is 12.4. The second-order valence-corrected chi connectivity index (χ2v) is 6.72. The van der Waals surface area contributed by atoms with E-state index < -0.39 is 0 Å². The summed E-state index contributed by atoms with van der Waals surface area (Å²) in [5.74, 6) is 4.26. The fourth-order valence-corrected chi connectivity index (χ4v) is 4.19. The highest BCUT2D eigenvalue weighted by molar-refractivity contribution is 7.99. The van der Waals surface area contributed by atoms with Crippen molar-refractivity contribution in [3.05, 3.63) is 35.9 Å². The molecule has 0 N–H and O–H groups in total. The third kappa shape index (κ3) is 4.38. The van der Waals surface area contributed by atoms with Crippen molar-refractivity contribution < 1.29 is 4.79 Å². The lowest BCUT2D eigenvalue weighted by molar-refractivity contribution is 0.0935. The van der Waals surface area contributed by atoms with Crippen LogP contribution in [0.25, 0.3) is 0 Å². The molecule has 104 valence electrons. The quantitative estimate of drug-likeness (QED) is 0.693. The summed E-state index contributed by atoms with van der Waals surface area (Å²) in [5.41, 5.74) is 0.883. The van der Waals surface area contributed by atoms with Gasteiger partial charge in [-0.3, -0.25) is 4.79 Å². The molecule has 1 aromatic rings. The van der Waals surface area contributed by atoms with Crippen LogP contribution in [0, 0.1) is 11.8 Å². The molecule has 0 spiro atoms. The molecule has 1 heterocycles. The van der Waals surface area contributed by atoms with Crippen LogP contribution in [0.5, 0.6) is 0 Å². The van der Waals surface area contributed by atoms with E-state index in [9.17, 15) is 4.79 Å². The fourth-order valence-electron chi connectivity index (χ4n) is 3.04. The average Bonchev–Trinajstić information content (AvgIpc) is 2.48. The van der Waals surface area contributed by atoms with Gasteiger partial charge in [-0.2, -0.15) is 11.8 Å². The molecule has 2 rings (SSSR count). The Morgan fingerprint density at radius 2 is 1.95 bits per heavy atom. The van der Waals surface area contributed by atoms with E-state index in [4.69, 9.17) is 0 Å².